The predicted molar refractivity (Wildman–Crippen MR) is 85.0 cm³/mol. The van der Waals surface area contributed by atoms with Crippen molar-refractivity contribution in [3.63, 3.8) is 0 Å². The first-order valence-corrected chi connectivity index (χ1v) is 6.66. The van der Waals surface area contributed by atoms with Crippen LogP contribution in [0.25, 0.3) is 0 Å². The second-order valence-electron chi connectivity index (χ2n) is 3.98. The number of nitrogens with two attached hydrogens (primary N) is 1. The zero-order valence-electron chi connectivity index (χ0n) is 10.1. The Bertz CT molecular complexity index is 641. The van der Waals surface area contributed by atoms with E-state index in [0.717, 1.165) is 0 Å². The number of hydrogen-bond acceptors (Lipinski definition) is 2. The van der Waals surface area contributed by atoms with Crippen molar-refractivity contribution in [1.29, 1.82) is 0 Å². The van der Waals surface area contributed by atoms with Crippen LogP contribution in [0.2, 0.25) is 15.1 Å². The standard InChI is InChI=1S/C13H10Cl3N3O/c14-7-3-8(15)5-10(4-7)18-13(20)19-12-2-1-9(17)6-11(12)16/h1-6H,17H2,(H2,18,19,20). The lowest BCUT2D eigenvalue weighted by molar-refractivity contribution is 0.262. The van der Waals surface area contributed by atoms with Crippen LogP contribution in [-0.4, -0.2) is 6.03 Å². The van der Waals surface area contributed by atoms with Crippen molar-refractivity contribution < 1.29 is 4.79 Å². The average molecular weight is 331 g/mol. The Balaban J connectivity index is 2.09. The molecule has 20 heavy (non-hydrogen) atoms. The second-order valence-corrected chi connectivity index (χ2v) is 5.26. The molecule has 2 amide bonds. The molecule has 0 radical (unpaired) electrons. The Morgan fingerprint density at radius 3 is 2.20 bits per heavy atom. The van der Waals surface area contributed by atoms with Crippen molar-refractivity contribution in [2.45, 2.75) is 0 Å². The summed E-state index contributed by atoms with van der Waals surface area (Å²) in [6, 6.07) is 9.07. The van der Waals surface area contributed by atoms with Gasteiger partial charge in [0.05, 0.1) is 10.7 Å². The Morgan fingerprint density at radius 2 is 1.60 bits per heavy atom. The van der Waals surface area contributed by atoms with Crippen LogP contribution < -0.4 is 16.4 Å². The second kappa shape index (κ2) is 6.22. The zero-order chi connectivity index (χ0) is 14.7. The van der Waals surface area contributed by atoms with Crippen LogP contribution >= 0.6 is 34.8 Å². The van der Waals surface area contributed by atoms with E-state index in [4.69, 9.17) is 40.5 Å². The summed E-state index contributed by atoms with van der Waals surface area (Å²) in [6.07, 6.45) is 0. The maximum atomic E-state index is 11.8. The highest BCUT2D eigenvalue weighted by Crippen LogP contribution is 2.25. The fourth-order valence-corrected chi connectivity index (χ4v) is 2.31. The third-order valence-electron chi connectivity index (χ3n) is 2.36. The van der Waals surface area contributed by atoms with Gasteiger partial charge in [0.15, 0.2) is 0 Å². The molecule has 2 aromatic carbocycles. The number of amides is 2. The van der Waals surface area contributed by atoms with E-state index in [0.29, 0.717) is 32.1 Å². The molecule has 0 unspecified atom stereocenters. The minimum Gasteiger partial charge on any atom is -0.399 e. The highest BCUT2D eigenvalue weighted by atomic mass is 35.5. The Kier molecular flexibility index (Phi) is 4.60. The first-order chi connectivity index (χ1) is 9.44. The van der Waals surface area contributed by atoms with Crippen molar-refractivity contribution in [3.05, 3.63) is 51.5 Å². The SMILES string of the molecule is Nc1ccc(NC(=O)Nc2cc(Cl)cc(Cl)c2)c(Cl)c1. The molecule has 0 spiro atoms. The molecule has 7 heteroatoms. The van der Waals surface area contributed by atoms with Crippen molar-refractivity contribution in [3.8, 4) is 0 Å². The number of hydrogen-bond donors (Lipinski definition) is 3. The summed E-state index contributed by atoms with van der Waals surface area (Å²) in [6.45, 7) is 0. The molecular formula is C13H10Cl3N3O. The van der Waals surface area contributed by atoms with E-state index in [-0.39, 0.29) is 0 Å². The van der Waals surface area contributed by atoms with E-state index < -0.39 is 6.03 Å². The molecule has 0 aliphatic carbocycles. The van der Waals surface area contributed by atoms with Gasteiger partial charge >= 0.3 is 6.03 Å². The lowest BCUT2D eigenvalue weighted by Crippen LogP contribution is -2.19. The van der Waals surface area contributed by atoms with Crippen LogP contribution in [0.15, 0.2) is 36.4 Å². The largest absolute Gasteiger partial charge is 0.399 e. The van der Waals surface area contributed by atoms with Crippen LogP contribution in [0.5, 0.6) is 0 Å². The molecule has 0 atom stereocenters. The fraction of sp³-hybridized carbons (Fsp3) is 0. The van der Waals surface area contributed by atoms with E-state index in [1.165, 1.54) is 0 Å². The van der Waals surface area contributed by atoms with Gasteiger partial charge in [-0.25, -0.2) is 4.79 Å². The Hall–Kier alpha value is -1.62. The lowest BCUT2D eigenvalue weighted by Gasteiger charge is -2.10. The van der Waals surface area contributed by atoms with Gasteiger partial charge in [-0.3, -0.25) is 0 Å². The molecule has 0 saturated carbocycles. The monoisotopic (exact) mass is 329 g/mol. The molecule has 0 aliphatic heterocycles. The van der Waals surface area contributed by atoms with Gasteiger partial charge in [0.25, 0.3) is 0 Å². The number of urea groups is 1. The van der Waals surface area contributed by atoms with Crippen LogP contribution in [0, 0.1) is 0 Å². The zero-order valence-corrected chi connectivity index (χ0v) is 12.4. The summed E-state index contributed by atoms with van der Waals surface area (Å²) < 4.78 is 0. The van der Waals surface area contributed by atoms with Gasteiger partial charge in [-0.05, 0) is 36.4 Å². The predicted octanol–water partition coefficient (Wildman–Crippen LogP) is 4.87. The minimum atomic E-state index is -0.463. The van der Waals surface area contributed by atoms with Gasteiger partial charge in [0, 0.05) is 21.4 Å². The van der Waals surface area contributed by atoms with Crippen LogP contribution in [0.1, 0.15) is 0 Å². The van der Waals surface area contributed by atoms with Gasteiger partial charge in [0.2, 0.25) is 0 Å². The Morgan fingerprint density at radius 1 is 0.950 bits per heavy atom. The Labute approximate surface area is 130 Å². The van der Waals surface area contributed by atoms with Crippen molar-refractivity contribution in [1.82, 2.24) is 0 Å². The molecule has 2 aromatic rings. The summed E-state index contributed by atoms with van der Waals surface area (Å²) in [5.41, 5.74) is 7.02. The van der Waals surface area contributed by atoms with Gasteiger partial charge in [-0.15, -0.1) is 0 Å². The number of benzene rings is 2. The number of carbonyl (C=O) groups excluding carboxylic acids is 1. The minimum absolute atomic E-state index is 0.351. The number of rotatable bonds is 2. The highest BCUT2D eigenvalue weighted by molar-refractivity contribution is 6.35. The smallest absolute Gasteiger partial charge is 0.323 e. The number of carbonyl (C=O) groups is 1. The highest BCUT2D eigenvalue weighted by Gasteiger charge is 2.07. The maximum Gasteiger partial charge on any atom is 0.323 e. The fourth-order valence-electron chi connectivity index (χ4n) is 1.54. The van der Waals surface area contributed by atoms with Crippen LogP contribution in [-0.2, 0) is 0 Å². The topological polar surface area (TPSA) is 67.1 Å². The van der Waals surface area contributed by atoms with E-state index in [1.807, 2.05) is 0 Å². The first-order valence-electron chi connectivity index (χ1n) is 5.53. The number of nitrogen functional groups attached to an aromatic ring is 1. The number of anilines is 3. The summed E-state index contributed by atoms with van der Waals surface area (Å²) in [5.74, 6) is 0. The molecule has 0 aromatic heterocycles. The molecule has 0 fully saturated rings. The summed E-state index contributed by atoms with van der Waals surface area (Å²) in [7, 11) is 0. The molecule has 4 N–H and O–H groups in total. The van der Waals surface area contributed by atoms with Crippen LogP contribution in [0.4, 0.5) is 21.9 Å². The first kappa shape index (κ1) is 14.8. The third-order valence-corrected chi connectivity index (χ3v) is 3.11. The van der Waals surface area contributed by atoms with Gasteiger partial charge in [0.1, 0.15) is 0 Å². The van der Waals surface area contributed by atoms with E-state index in [1.54, 1.807) is 36.4 Å². The molecule has 2 rings (SSSR count). The van der Waals surface area contributed by atoms with E-state index in [2.05, 4.69) is 10.6 Å². The molecule has 0 bridgehead atoms. The maximum absolute atomic E-state index is 11.8. The van der Waals surface area contributed by atoms with Crippen LogP contribution in [0.3, 0.4) is 0 Å². The molecular weight excluding hydrogens is 321 g/mol. The van der Waals surface area contributed by atoms with Gasteiger partial charge in [-0.1, -0.05) is 34.8 Å². The molecule has 0 saturated heterocycles. The molecule has 0 aliphatic rings. The average Bonchev–Trinajstić information content (AvgIpc) is 2.31. The van der Waals surface area contributed by atoms with Gasteiger partial charge in [-0.2, -0.15) is 0 Å². The van der Waals surface area contributed by atoms with Gasteiger partial charge < -0.3 is 16.4 Å². The quantitative estimate of drug-likeness (QED) is 0.687. The summed E-state index contributed by atoms with van der Waals surface area (Å²) in [5, 5.41) is 6.42. The van der Waals surface area contributed by atoms with E-state index >= 15 is 0 Å². The molecule has 0 heterocycles. The lowest BCUT2D eigenvalue weighted by atomic mass is 10.3. The summed E-state index contributed by atoms with van der Waals surface area (Å²) in [4.78, 5) is 11.8. The molecule has 4 nitrogen and oxygen atoms in total. The number of halogens is 3. The van der Waals surface area contributed by atoms with E-state index in [9.17, 15) is 4.79 Å². The normalized spacial score (nSPS) is 10.2. The summed E-state index contributed by atoms with van der Waals surface area (Å²) >= 11 is 17.7. The molecule has 104 valence electrons. The van der Waals surface area contributed by atoms with Crippen molar-refractivity contribution >= 4 is 57.9 Å². The van der Waals surface area contributed by atoms with Crippen molar-refractivity contribution in [2.24, 2.45) is 0 Å². The van der Waals surface area contributed by atoms with Crippen molar-refractivity contribution in [2.75, 3.05) is 16.4 Å². The number of nitrogens with one attached hydrogen (secondary N) is 2. The third kappa shape index (κ3) is 3.93.